The molecular formula is C15H12FN5S. The van der Waals surface area contributed by atoms with Crippen LogP contribution in [0, 0.1) is 17.1 Å². The largest absolute Gasteiger partial charge is 0.218 e. The maximum Gasteiger partial charge on any atom is 0.212 e. The first-order chi connectivity index (χ1) is 10.7. The molecule has 1 aromatic carbocycles. The van der Waals surface area contributed by atoms with Gasteiger partial charge in [-0.05, 0) is 30.7 Å². The first-order valence-electron chi connectivity index (χ1n) is 6.79. The van der Waals surface area contributed by atoms with Gasteiger partial charge in [0.25, 0.3) is 0 Å². The first-order valence-corrected chi connectivity index (χ1v) is 7.67. The van der Waals surface area contributed by atoms with Gasteiger partial charge in [-0.2, -0.15) is 9.94 Å². The number of hydrogen-bond donors (Lipinski definition) is 0. The van der Waals surface area contributed by atoms with Crippen LogP contribution in [0.25, 0.3) is 16.4 Å². The Labute approximate surface area is 130 Å². The van der Waals surface area contributed by atoms with E-state index in [0.717, 1.165) is 23.4 Å². The summed E-state index contributed by atoms with van der Waals surface area (Å²) in [5.74, 6) is -0.278. The third-order valence-corrected chi connectivity index (χ3v) is 3.99. The van der Waals surface area contributed by atoms with E-state index in [1.807, 2.05) is 12.3 Å². The van der Waals surface area contributed by atoms with Crippen molar-refractivity contribution in [1.82, 2.24) is 20.0 Å². The molecule has 0 unspecified atom stereocenters. The van der Waals surface area contributed by atoms with Crippen LogP contribution < -0.4 is 0 Å². The van der Waals surface area contributed by atoms with Crippen molar-refractivity contribution in [2.45, 2.75) is 19.8 Å². The maximum atomic E-state index is 13.0. The van der Waals surface area contributed by atoms with Crippen LogP contribution in [0.5, 0.6) is 0 Å². The minimum Gasteiger partial charge on any atom is -0.218 e. The van der Waals surface area contributed by atoms with Crippen molar-refractivity contribution in [2.24, 2.45) is 0 Å². The van der Waals surface area contributed by atoms with Crippen LogP contribution in [-0.4, -0.2) is 20.0 Å². The molecule has 2 heterocycles. The minimum absolute atomic E-state index is 0.278. The Morgan fingerprint density at radius 2 is 2.09 bits per heavy atom. The minimum atomic E-state index is -0.278. The standard InChI is InChI=1S/C15H12FN5S/c1-2-3-14-12(8-17)19-20-21(14)15-18-13(9-22-15)10-4-6-11(16)7-5-10/h4-7,9H,2-3H2,1H3. The Hall–Kier alpha value is -2.59. The second-order valence-electron chi connectivity index (χ2n) is 4.68. The molecule has 0 bridgehead atoms. The van der Waals surface area contributed by atoms with Gasteiger partial charge in [0.2, 0.25) is 5.13 Å². The lowest BCUT2D eigenvalue weighted by molar-refractivity contribution is 0.628. The fourth-order valence-corrected chi connectivity index (χ4v) is 2.92. The van der Waals surface area contributed by atoms with E-state index in [9.17, 15) is 4.39 Å². The summed E-state index contributed by atoms with van der Waals surface area (Å²) in [6.45, 7) is 2.03. The van der Waals surface area contributed by atoms with Crippen LogP contribution in [0.2, 0.25) is 0 Å². The highest BCUT2D eigenvalue weighted by Crippen LogP contribution is 2.25. The van der Waals surface area contributed by atoms with E-state index < -0.39 is 0 Å². The number of rotatable bonds is 4. The predicted octanol–water partition coefficient (Wildman–Crippen LogP) is 3.35. The van der Waals surface area contributed by atoms with Crippen molar-refractivity contribution >= 4 is 11.3 Å². The topological polar surface area (TPSA) is 67.4 Å². The van der Waals surface area contributed by atoms with Crippen LogP contribution >= 0.6 is 11.3 Å². The molecule has 7 heteroatoms. The highest BCUT2D eigenvalue weighted by Gasteiger charge is 2.16. The fourth-order valence-electron chi connectivity index (χ4n) is 2.12. The van der Waals surface area contributed by atoms with Crippen LogP contribution in [0.15, 0.2) is 29.6 Å². The Bertz CT molecular complexity index is 828. The van der Waals surface area contributed by atoms with Gasteiger partial charge in [-0.15, -0.1) is 16.4 Å². The summed E-state index contributed by atoms with van der Waals surface area (Å²) in [5, 5.41) is 19.5. The molecule has 3 rings (SSSR count). The molecule has 110 valence electrons. The van der Waals surface area contributed by atoms with E-state index in [0.29, 0.717) is 17.2 Å². The monoisotopic (exact) mass is 313 g/mol. The number of aromatic nitrogens is 4. The number of nitriles is 1. The Balaban J connectivity index is 1.99. The molecular weight excluding hydrogens is 301 g/mol. The Morgan fingerprint density at radius 1 is 1.32 bits per heavy atom. The average molecular weight is 313 g/mol. The molecule has 2 aromatic heterocycles. The van der Waals surface area contributed by atoms with E-state index in [1.165, 1.54) is 23.5 Å². The third kappa shape index (κ3) is 2.61. The number of nitrogens with zero attached hydrogens (tertiary/aromatic N) is 5. The van der Waals surface area contributed by atoms with E-state index in [4.69, 9.17) is 5.26 Å². The van der Waals surface area contributed by atoms with E-state index in [-0.39, 0.29) is 5.82 Å². The van der Waals surface area contributed by atoms with Gasteiger partial charge in [-0.1, -0.05) is 18.6 Å². The highest BCUT2D eigenvalue weighted by atomic mass is 32.1. The van der Waals surface area contributed by atoms with Crippen molar-refractivity contribution in [1.29, 1.82) is 5.26 Å². The molecule has 0 aliphatic heterocycles. The van der Waals surface area contributed by atoms with Crippen LogP contribution in [0.4, 0.5) is 4.39 Å². The molecule has 0 radical (unpaired) electrons. The number of thiazole rings is 1. The molecule has 0 saturated heterocycles. The lowest BCUT2D eigenvalue weighted by Gasteiger charge is -2.01. The van der Waals surface area contributed by atoms with Crippen molar-refractivity contribution in [3.63, 3.8) is 0 Å². The van der Waals surface area contributed by atoms with Crippen molar-refractivity contribution in [2.75, 3.05) is 0 Å². The van der Waals surface area contributed by atoms with Gasteiger partial charge in [0.1, 0.15) is 11.9 Å². The zero-order valence-electron chi connectivity index (χ0n) is 11.8. The quantitative estimate of drug-likeness (QED) is 0.740. The van der Waals surface area contributed by atoms with Gasteiger partial charge >= 0.3 is 0 Å². The van der Waals surface area contributed by atoms with Gasteiger partial charge in [-0.25, -0.2) is 9.37 Å². The predicted molar refractivity (Wildman–Crippen MR) is 81.1 cm³/mol. The average Bonchev–Trinajstić information content (AvgIpc) is 3.15. The first kappa shape index (κ1) is 14.4. The summed E-state index contributed by atoms with van der Waals surface area (Å²) in [6, 6.07) is 8.23. The Morgan fingerprint density at radius 3 is 2.77 bits per heavy atom. The van der Waals surface area contributed by atoms with Crippen molar-refractivity contribution < 1.29 is 4.39 Å². The summed E-state index contributed by atoms with van der Waals surface area (Å²) in [7, 11) is 0. The number of benzene rings is 1. The molecule has 0 aliphatic carbocycles. The maximum absolute atomic E-state index is 13.0. The lowest BCUT2D eigenvalue weighted by Crippen LogP contribution is -2.02. The lowest BCUT2D eigenvalue weighted by atomic mass is 10.2. The third-order valence-electron chi connectivity index (χ3n) is 3.17. The second kappa shape index (κ2) is 6.03. The summed E-state index contributed by atoms with van der Waals surface area (Å²) in [6.07, 6.45) is 1.60. The van der Waals surface area contributed by atoms with E-state index in [2.05, 4.69) is 21.4 Å². The molecule has 3 aromatic rings. The van der Waals surface area contributed by atoms with Crippen molar-refractivity contribution in [3.05, 3.63) is 46.9 Å². The number of halogens is 1. The number of hydrogen-bond acceptors (Lipinski definition) is 5. The van der Waals surface area contributed by atoms with Gasteiger partial charge in [0, 0.05) is 10.9 Å². The normalized spacial score (nSPS) is 10.6. The molecule has 0 spiro atoms. The van der Waals surface area contributed by atoms with E-state index in [1.54, 1.807) is 16.8 Å². The van der Waals surface area contributed by atoms with Crippen LogP contribution in [-0.2, 0) is 6.42 Å². The van der Waals surface area contributed by atoms with Gasteiger partial charge in [-0.3, -0.25) is 0 Å². The van der Waals surface area contributed by atoms with Crippen molar-refractivity contribution in [3.8, 4) is 22.5 Å². The SMILES string of the molecule is CCCc1c(C#N)nnn1-c1nc(-c2ccc(F)cc2)cs1. The van der Waals surface area contributed by atoms with Crippen LogP contribution in [0.1, 0.15) is 24.7 Å². The van der Waals surface area contributed by atoms with Gasteiger partial charge in [0.05, 0.1) is 11.4 Å². The summed E-state index contributed by atoms with van der Waals surface area (Å²) >= 11 is 1.41. The molecule has 0 saturated carbocycles. The second-order valence-corrected chi connectivity index (χ2v) is 5.52. The molecule has 5 nitrogen and oxygen atoms in total. The summed E-state index contributed by atoms with van der Waals surface area (Å²) in [4.78, 5) is 4.52. The summed E-state index contributed by atoms with van der Waals surface area (Å²) in [5.41, 5.74) is 2.68. The zero-order valence-corrected chi connectivity index (χ0v) is 12.6. The Kier molecular flexibility index (Phi) is 3.94. The molecule has 0 aliphatic rings. The van der Waals surface area contributed by atoms with Gasteiger partial charge < -0.3 is 0 Å². The molecule has 22 heavy (non-hydrogen) atoms. The van der Waals surface area contributed by atoms with E-state index >= 15 is 0 Å². The molecule has 0 amide bonds. The van der Waals surface area contributed by atoms with Crippen LogP contribution in [0.3, 0.4) is 0 Å². The van der Waals surface area contributed by atoms with Gasteiger partial charge in [0.15, 0.2) is 5.69 Å². The molecule has 0 N–H and O–H groups in total. The summed E-state index contributed by atoms with van der Waals surface area (Å²) < 4.78 is 14.6. The fraction of sp³-hybridized carbons (Fsp3) is 0.200. The highest BCUT2D eigenvalue weighted by molar-refractivity contribution is 7.12. The molecule has 0 atom stereocenters. The molecule has 0 fully saturated rings. The zero-order chi connectivity index (χ0) is 15.5. The smallest absolute Gasteiger partial charge is 0.212 e.